The number of sulfonamides is 1. The summed E-state index contributed by atoms with van der Waals surface area (Å²) in [6.45, 7) is 7.10. The van der Waals surface area contributed by atoms with Crippen LogP contribution in [0.2, 0.25) is 0 Å². The van der Waals surface area contributed by atoms with E-state index in [-0.39, 0.29) is 48.3 Å². The zero-order valence-corrected chi connectivity index (χ0v) is 37.7. The minimum atomic E-state index is -5.12. The summed E-state index contributed by atoms with van der Waals surface area (Å²) in [5, 5.41) is 4.90. The van der Waals surface area contributed by atoms with Gasteiger partial charge in [-0.15, -0.1) is 0 Å². The summed E-state index contributed by atoms with van der Waals surface area (Å²) in [6.07, 6.45) is -9.09. The van der Waals surface area contributed by atoms with Gasteiger partial charge in [-0.2, -0.15) is 26.3 Å². The molecule has 0 spiro atoms. The molecule has 4 aliphatic rings. The summed E-state index contributed by atoms with van der Waals surface area (Å²) in [5.41, 5.74) is -6.59. The fourth-order valence-electron chi connectivity index (χ4n) is 8.03. The molecule has 0 radical (unpaired) electrons. The minimum absolute atomic E-state index is 0.0471. The number of carbonyl (C=O) groups excluding carboxylic acids is 4. The number of nitrogens with zero attached hydrogens (tertiary/aromatic N) is 3. The van der Waals surface area contributed by atoms with Crippen LogP contribution in [0.4, 0.5) is 31.1 Å². The number of carbonyl (C=O) groups is 4. The molecule has 65 heavy (non-hydrogen) atoms. The van der Waals surface area contributed by atoms with E-state index < -0.39 is 117 Å². The zero-order valence-electron chi connectivity index (χ0n) is 36.9. The predicted molar refractivity (Wildman–Crippen MR) is 220 cm³/mol. The fourth-order valence-corrected chi connectivity index (χ4v) is 9.34. The number of benzene rings is 1. The van der Waals surface area contributed by atoms with Crippen molar-refractivity contribution in [1.29, 1.82) is 0 Å². The number of amides is 4. The number of hydrogen-bond donors (Lipinski definition) is 3. The van der Waals surface area contributed by atoms with Gasteiger partial charge in [-0.25, -0.2) is 23.2 Å². The summed E-state index contributed by atoms with van der Waals surface area (Å²) in [4.78, 5) is 65.7. The van der Waals surface area contributed by atoms with Gasteiger partial charge in [-0.1, -0.05) is 19.1 Å². The highest BCUT2D eigenvalue weighted by Crippen LogP contribution is 2.48. The number of alkyl carbamates (subject to hydrolysis) is 1. The molecule has 16 nitrogen and oxygen atoms in total. The van der Waals surface area contributed by atoms with Crippen molar-refractivity contribution in [3.05, 3.63) is 36.0 Å². The molecule has 23 heteroatoms. The number of halogens is 6. The average molecular weight is 949 g/mol. The lowest BCUT2D eigenvalue weighted by atomic mass is 9.87. The van der Waals surface area contributed by atoms with Crippen LogP contribution in [0.15, 0.2) is 30.4 Å². The first-order chi connectivity index (χ1) is 30.1. The summed E-state index contributed by atoms with van der Waals surface area (Å²) in [5.74, 6) is -5.78. The second-order valence-corrected chi connectivity index (χ2v) is 20.6. The molecule has 1 saturated heterocycles. The predicted octanol–water partition coefficient (Wildman–Crippen LogP) is 5.73. The molecule has 2 aliphatic heterocycles. The van der Waals surface area contributed by atoms with Crippen LogP contribution in [-0.2, 0) is 40.1 Å². The molecule has 360 valence electrons. The molecule has 1 aromatic heterocycles. The Morgan fingerprint density at radius 3 is 2.35 bits per heavy atom. The van der Waals surface area contributed by atoms with E-state index in [4.69, 9.17) is 18.9 Å². The molecule has 2 aromatic rings. The van der Waals surface area contributed by atoms with Gasteiger partial charge < -0.3 is 34.5 Å². The lowest BCUT2D eigenvalue weighted by Gasteiger charge is -2.35. The van der Waals surface area contributed by atoms with Gasteiger partial charge in [0.2, 0.25) is 39.0 Å². The fraction of sp³-hybridized carbons (Fsp3) is 0.667. The average Bonchev–Trinajstić information content (AvgIpc) is 4.06. The third-order valence-electron chi connectivity index (χ3n) is 12.3. The number of aromatic nitrogens is 2. The number of ether oxygens (including phenoxy) is 4. The molecule has 4 amide bonds. The van der Waals surface area contributed by atoms with Crippen LogP contribution in [-0.4, -0.2) is 114 Å². The number of nitrogens with one attached hydrogen (secondary N) is 3. The summed E-state index contributed by atoms with van der Waals surface area (Å²) >= 11 is 0. The summed E-state index contributed by atoms with van der Waals surface area (Å²) in [7, 11) is -2.91. The first kappa shape index (κ1) is 49.5. The Balaban J connectivity index is 1.42. The number of alkyl halides is 6. The molecule has 1 aromatic carbocycles. The molecule has 1 unspecified atom stereocenters. The van der Waals surface area contributed by atoms with Gasteiger partial charge in [0.05, 0.1) is 35.0 Å². The smallest absolute Gasteiger partial charge is 0.438 e. The van der Waals surface area contributed by atoms with Crippen LogP contribution in [0, 0.1) is 17.8 Å². The van der Waals surface area contributed by atoms with Crippen molar-refractivity contribution in [2.24, 2.45) is 17.8 Å². The first-order valence-corrected chi connectivity index (χ1v) is 22.7. The number of rotatable bonds is 11. The van der Waals surface area contributed by atoms with E-state index in [1.807, 2.05) is 6.92 Å². The highest BCUT2D eigenvalue weighted by molar-refractivity contribution is 7.91. The Kier molecular flexibility index (Phi) is 13.7. The largest absolute Gasteiger partial charge is 0.491 e. The monoisotopic (exact) mass is 948 g/mol. The maximum absolute atomic E-state index is 15.0. The molecule has 3 N–H and O–H groups in total. The first-order valence-electron chi connectivity index (χ1n) is 21.2. The SMILES string of the molecule is COC[C@@H]1C[C@@H](C)CC/C=C\C2C[C@@]2(C(=O)NS(=O)(=O)C2(C)CC2)NC(=O)[C@@H]2C[C@@H](Oc3nc4cc(OC(C)C)ccc4nc3C(F)(F)F)CN2C(=O)[C@H]1NC(=O)OC(C)(C)C(F)(F)F. The summed E-state index contributed by atoms with van der Waals surface area (Å²) < 4.78 is 135. The van der Waals surface area contributed by atoms with Crippen LogP contribution >= 0.6 is 0 Å². The maximum Gasteiger partial charge on any atom is 0.438 e. The van der Waals surface area contributed by atoms with Crippen LogP contribution in [0.1, 0.15) is 92.2 Å². The van der Waals surface area contributed by atoms with Gasteiger partial charge in [-0.3, -0.25) is 19.1 Å². The lowest BCUT2D eigenvalue weighted by molar-refractivity contribution is -0.244. The van der Waals surface area contributed by atoms with E-state index in [9.17, 15) is 53.9 Å². The van der Waals surface area contributed by atoms with E-state index in [0.717, 1.165) is 4.90 Å². The van der Waals surface area contributed by atoms with Gasteiger partial charge >= 0.3 is 18.4 Å². The van der Waals surface area contributed by atoms with Crippen molar-refractivity contribution in [2.45, 2.75) is 139 Å². The van der Waals surface area contributed by atoms with Crippen molar-refractivity contribution >= 4 is 44.9 Å². The van der Waals surface area contributed by atoms with Crippen LogP contribution in [0.5, 0.6) is 11.6 Å². The molecule has 6 rings (SSSR count). The lowest BCUT2D eigenvalue weighted by Crippen LogP contribution is -2.60. The minimum Gasteiger partial charge on any atom is -0.491 e. The molecule has 3 heterocycles. The Labute approximate surface area is 372 Å². The van der Waals surface area contributed by atoms with Crippen molar-refractivity contribution < 1.29 is 72.9 Å². The van der Waals surface area contributed by atoms with E-state index in [1.165, 1.54) is 32.2 Å². The highest BCUT2D eigenvalue weighted by atomic mass is 32.2. The van der Waals surface area contributed by atoms with Crippen LogP contribution in [0.25, 0.3) is 11.0 Å². The Bertz CT molecular complexity index is 2310. The molecule has 2 saturated carbocycles. The third-order valence-corrected chi connectivity index (χ3v) is 14.4. The van der Waals surface area contributed by atoms with E-state index in [1.54, 1.807) is 26.0 Å². The van der Waals surface area contributed by atoms with Crippen LogP contribution < -0.4 is 24.8 Å². The van der Waals surface area contributed by atoms with E-state index in [0.29, 0.717) is 39.5 Å². The highest BCUT2D eigenvalue weighted by Gasteiger charge is 2.63. The van der Waals surface area contributed by atoms with Crippen molar-refractivity contribution in [3.63, 3.8) is 0 Å². The standard InChI is InChI=1S/C42H54F6N6O10S/c1-22(2)62-26-12-13-28-29(17-26)50-34(32(49-28)41(43,44)45)63-27-18-30-33(55)52-40(36(57)53-65(59,60)39(6)14-15-39)19-25(40)11-9-8-10-23(3)16-24(21-61-7)31(35(56)54(30)20-27)51-37(58)64-38(4,5)42(46,47)48/h9,11-13,17,22-25,27,30-31H,8,10,14-16,18-21H2,1-7H3,(H,51,58)(H,52,55)(H,53,57)/b11-9-/t23-,24-,25?,27+,30-,31-,40+/m0/s1. The van der Waals surface area contributed by atoms with Gasteiger partial charge in [0.25, 0.3) is 5.91 Å². The third kappa shape index (κ3) is 10.9. The second kappa shape index (κ2) is 18.0. The molecular formula is C42H54F6N6O10S. The molecular weight excluding hydrogens is 895 g/mol. The Morgan fingerprint density at radius 2 is 1.74 bits per heavy atom. The van der Waals surface area contributed by atoms with E-state index in [2.05, 4.69) is 25.3 Å². The molecule has 0 bridgehead atoms. The number of methoxy groups -OCH3 is 1. The van der Waals surface area contributed by atoms with Crippen molar-refractivity contribution in [2.75, 3.05) is 20.3 Å². The van der Waals surface area contributed by atoms with Gasteiger partial charge in [0, 0.05) is 31.4 Å². The number of hydrogen-bond acceptors (Lipinski definition) is 12. The molecule has 2 aliphatic carbocycles. The zero-order chi connectivity index (χ0) is 48.1. The second-order valence-electron chi connectivity index (χ2n) is 18.4. The quantitative estimate of drug-likeness (QED) is 0.183. The van der Waals surface area contributed by atoms with Gasteiger partial charge in [-0.05, 0) is 91.2 Å². The maximum atomic E-state index is 15.0. The Morgan fingerprint density at radius 1 is 1.05 bits per heavy atom. The van der Waals surface area contributed by atoms with Crippen molar-refractivity contribution in [1.82, 2.24) is 30.2 Å². The van der Waals surface area contributed by atoms with Gasteiger partial charge in [0.15, 0.2) is 0 Å². The van der Waals surface area contributed by atoms with E-state index >= 15 is 0 Å². The topological polar surface area (TPSA) is 204 Å². The normalized spacial score (nSPS) is 27.9. The van der Waals surface area contributed by atoms with Crippen LogP contribution in [0.3, 0.4) is 0 Å². The summed E-state index contributed by atoms with van der Waals surface area (Å²) in [6, 6.07) is 0.631. The van der Waals surface area contributed by atoms with Gasteiger partial charge in [0.1, 0.15) is 29.5 Å². The van der Waals surface area contributed by atoms with Crippen molar-refractivity contribution in [3.8, 4) is 11.6 Å². The number of fused-ring (bicyclic) bond motifs is 3. The Hall–Kier alpha value is -4.93. The number of allylic oxidation sites excluding steroid dienone is 1. The molecule has 3 fully saturated rings. The molecule has 7 atom stereocenters.